The van der Waals surface area contributed by atoms with Gasteiger partial charge in [0.1, 0.15) is 18.1 Å². The molecule has 0 fully saturated rings. The van der Waals surface area contributed by atoms with Crippen LogP contribution in [0, 0.1) is 0 Å². The zero-order valence-electron chi connectivity index (χ0n) is 23.9. The molecule has 0 saturated heterocycles. The van der Waals surface area contributed by atoms with Crippen molar-refractivity contribution in [3.05, 3.63) is 70.8 Å². The first-order chi connectivity index (χ1) is 19.9. The lowest BCUT2D eigenvalue weighted by Crippen LogP contribution is -2.58. The van der Waals surface area contributed by atoms with Crippen molar-refractivity contribution in [3.63, 3.8) is 0 Å². The summed E-state index contributed by atoms with van der Waals surface area (Å²) in [6.45, 7) is 4.57. The fourth-order valence-corrected chi connectivity index (χ4v) is 4.79. The van der Waals surface area contributed by atoms with Gasteiger partial charge in [-0.3, -0.25) is 28.9 Å². The van der Waals surface area contributed by atoms with Crippen LogP contribution >= 0.6 is 0 Å². The van der Waals surface area contributed by atoms with E-state index >= 15 is 0 Å². The number of carbonyl (C=O) groups excluding carboxylic acids is 6. The fourth-order valence-electron chi connectivity index (χ4n) is 4.79. The molecule has 0 aliphatic carbocycles. The van der Waals surface area contributed by atoms with Crippen LogP contribution in [0.25, 0.3) is 0 Å². The number of methoxy groups -OCH3 is 1. The molecule has 222 valence electrons. The number of imide groups is 1. The zero-order valence-corrected chi connectivity index (χ0v) is 23.9. The average Bonchev–Trinajstić information content (AvgIpc) is 3.20. The van der Waals surface area contributed by atoms with Gasteiger partial charge in [0.15, 0.2) is 0 Å². The maximum Gasteiger partial charge on any atom is 0.328 e. The van der Waals surface area contributed by atoms with Crippen LogP contribution < -0.4 is 16.0 Å². The summed E-state index contributed by atoms with van der Waals surface area (Å²) in [5.41, 5.74) is 0.905. The predicted molar refractivity (Wildman–Crippen MR) is 149 cm³/mol. The largest absolute Gasteiger partial charge is 0.467 e. The number of carbonyl (C=O) groups is 6. The molecule has 2 bridgehead atoms. The smallest absolute Gasteiger partial charge is 0.328 e. The Morgan fingerprint density at radius 3 is 2.10 bits per heavy atom. The van der Waals surface area contributed by atoms with E-state index in [9.17, 15) is 28.8 Å². The first-order valence-electron chi connectivity index (χ1n) is 13.5. The highest BCUT2D eigenvalue weighted by Gasteiger charge is 2.43. The van der Waals surface area contributed by atoms with Gasteiger partial charge in [-0.1, -0.05) is 36.4 Å². The minimum atomic E-state index is -1.32. The molecule has 0 radical (unpaired) electrons. The third kappa shape index (κ3) is 7.00. The lowest BCUT2D eigenvalue weighted by atomic mass is 9.98. The van der Waals surface area contributed by atoms with Gasteiger partial charge >= 0.3 is 5.97 Å². The molecule has 2 unspecified atom stereocenters. The molecule has 3 N–H and O–H groups in total. The normalized spacial score (nSPS) is 21.9. The number of hydrogen-bond acceptors (Lipinski definition) is 8. The second-order valence-electron chi connectivity index (χ2n) is 11.1. The number of hydrogen-bond donors (Lipinski definition) is 3. The summed E-state index contributed by atoms with van der Waals surface area (Å²) in [5, 5.41) is 7.68. The van der Waals surface area contributed by atoms with Crippen molar-refractivity contribution < 1.29 is 38.2 Å². The van der Waals surface area contributed by atoms with Crippen molar-refractivity contribution in [2.24, 2.45) is 0 Å². The van der Waals surface area contributed by atoms with Gasteiger partial charge in [-0.2, -0.15) is 0 Å². The number of benzene rings is 2. The van der Waals surface area contributed by atoms with Gasteiger partial charge in [0.2, 0.25) is 17.7 Å². The molecule has 2 heterocycles. The topological polar surface area (TPSA) is 160 Å². The molecule has 42 heavy (non-hydrogen) atoms. The number of rotatable bonds is 4. The summed E-state index contributed by atoms with van der Waals surface area (Å²) < 4.78 is 10.6. The maximum atomic E-state index is 13.9. The monoisotopic (exact) mass is 578 g/mol. The molecular formula is C30H34N4O8. The quantitative estimate of drug-likeness (QED) is 0.350. The van der Waals surface area contributed by atoms with Crippen molar-refractivity contribution >= 4 is 35.5 Å². The summed E-state index contributed by atoms with van der Waals surface area (Å²) >= 11 is 0. The van der Waals surface area contributed by atoms with E-state index < -0.39 is 65.8 Å². The second kappa shape index (κ2) is 12.5. The Bertz CT molecular complexity index is 1380. The lowest BCUT2D eigenvalue weighted by Gasteiger charge is -2.29. The molecule has 12 nitrogen and oxygen atoms in total. The van der Waals surface area contributed by atoms with Crippen LogP contribution in [0.2, 0.25) is 0 Å². The molecule has 3 atom stereocenters. The second-order valence-corrected chi connectivity index (χ2v) is 11.1. The number of nitrogens with one attached hydrogen (secondary N) is 3. The molecule has 2 aliphatic rings. The Balaban J connectivity index is 1.75. The van der Waals surface area contributed by atoms with Crippen molar-refractivity contribution in [2.45, 2.75) is 57.3 Å². The van der Waals surface area contributed by atoms with Crippen molar-refractivity contribution in [1.82, 2.24) is 20.9 Å². The Hall–Kier alpha value is -4.58. The molecule has 4 rings (SSSR count). The van der Waals surface area contributed by atoms with Crippen LogP contribution in [-0.2, 0) is 41.5 Å². The van der Waals surface area contributed by atoms with E-state index in [1.54, 1.807) is 57.2 Å². The highest BCUT2D eigenvalue weighted by molar-refractivity contribution is 6.23. The third-order valence-corrected chi connectivity index (χ3v) is 6.86. The van der Waals surface area contributed by atoms with Crippen LogP contribution in [0.3, 0.4) is 0 Å². The highest BCUT2D eigenvalue weighted by Crippen LogP contribution is 2.26. The van der Waals surface area contributed by atoms with Crippen molar-refractivity contribution in [2.75, 3.05) is 20.3 Å². The Kier molecular flexibility index (Phi) is 9.05. The summed E-state index contributed by atoms with van der Waals surface area (Å²) in [6.07, 6.45) is -0.0129. The van der Waals surface area contributed by atoms with Crippen molar-refractivity contribution in [3.8, 4) is 0 Å². The number of fused-ring (bicyclic) bond motifs is 3. The van der Waals surface area contributed by atoms with Gasteiger partial charge < -0.3 is 25.4 Å². The number of nitrogens with zero attached hydrogens (tertiary/aromatic N) is 1. The third-order valence-electron chi connectivity index (χ3n) is 6.86. The predicted octanol–water partition coefficient (Wildman–Crippen LogP) is 0.524. The van der Waals surface area contributed by atoms with Gasteiger partial charge in [0, 0.05) is 12.8 Å². The number of amides is 5. The summed E-state index contributed by atoms with van der Waals surface area (Å²) in [6, 6.07) is 9.55. The van der Waals surface area contributed by atoms with E-state index in [1.807, 2.05) is 0 Å². The average molecular weight is 579 g/mol. The van der Waals surface area contributed by atoms with E-state index in [4.69, 9.17) is 9.47 Å². The van der Waals surface area contributed by atoms with E-state index in [1.165, 1.54) is 19.2 Å². The molecule has 12 heteroatoms. The summed E-state index contributed by atoms with van der Waals surface area (Å²) in [4.78, 5) is 79.9. The van der Waals surface area contributed by atoms with Gasteiger partial charge in [-0.05, 0) is 44.0 Å². The van der Waals surface area contributed by atoms with E-state index in [-0.39, 0.29) is 30.6 Å². The minimum absolute atomic E-state index is 0.0616. The van der Waals surface area contributed by atoms with E-state index in [0.717, 1.165) is 4.90 Å². The van der Waals surface area contributed by atoms with Gasteiger partial charge in [-0.15, -0.1) is 0 Å². The molecule has 2 aliphatic heterocycles. The SMILES string of the molecule is COC(=O)C1Cc2cccc(c2)C[C@H](N2C(=O)c3ccccc3C2=O)C(=O)NC(COC(C)(C)C)C(=O)NCC(=O)N1. The number of esters is 1. The van der Waals surface area contributed by atoms with Crippen LogP contribution in [-0.4, -0.2) is 84.4 Å². The molecule has 0 saturated carbocycles. The number of ether oxygens (including phenoxy) is 2. The standard InChI is InChI=1S/C30H34N4O8/c1-30(2,3)42-16-22-25(36)31-15-24(35)32-21(29(40)41-4)13-17-8-7-9-18(12-17)14-23(26(37)33-22)34-27(38)19-10-5-6-11-20(19)28(34)39/h5-12,21-23H,13-16H2,1-4H3,(H,31,36)(H,32,35)(H,33,37)/t21?,22?,23-/m0/s1. The van der Waals surface area contributed by atoms with Gasteiger partial charge in [0.05, 0.1) is 37.0 Å². The van der Waals surface area contributed by atoms with Crippen LogP contribution in [0.1, 0.15) is 52.6 Å². The van der Waals surface area contributed by atoms with E-state index in [0.29, 0.717) is 11.1 Å². The Morgan fingerprint density at radius 2 is 1.50 bits per heavy atom. The highest BCUT2D eigenvalue weighted by atomic mass is 16.5. The maximum absolute atomic E-state index is 13.9. The molecule has 0 spiro atoms. The van der Waals surface area contributed by atoms with Crippen molar-refractivity contribution in [1.29, 1.82) is 0 Å². The zero-order chi connectivity index (χ0) is 30.6. The molecule has 2 aromatic rings. The Morgan fingerprint density at radius 1 is 0.881 bits per heavy atom. The fraction of sp³-hybridized carbons (Fsp3) is 0.400. The lowest BCUT2D eigenvalue weighted by molar-refractivity contribution is -0.145. The molecule has 0 aromatic heterocycles. The molecular weight excluding hydrogens is 544 g/mol. The Labute approximate surface area is 243 Å². The summed E-state index contributed by atoms with van der Waals surface area (Å²) in [5.74, 6) is -4.06. The van der Waals surface area contributed by atoms with Crippen LogP contribution in [0.15, 0.2) is 48.5 Å². The molecule has 2 aromatic carbocycles. The first-order valence-corrected chi connectivity index (χ1v) is 13.5. The summed E-state index contributed by atoms with van der Waals surface area (Å²) in [7, 11) is 1.20. The van der Waals surface area contributed by atoms with E-state index in [2.05, 4.69) is 16.0 Å². The van der Waals surface area contributed by atoms with Gasteiger partial charge in [0.25, 0.3) is 11.8 Å². The minimum Gasteiger partial charge on any atom is -0.467 e. The van der Waals surface area contributed by atoms with Crippen LogP contribution in [0.4, 0.5) is 0 Å². The van der Waals surface area contributed by atoms with Crippen LogP contribution in [0.5, 0.6) is 0 Å². The van der Waals surface area contributed by atoms with Gasteiger partial charge in [-0.25, -0.2) is 4.79 Å². The first kappa shape index (κ1) is 30.4. The molecule has 5 amide bonds.